The Balaban J connectivity index is 0.000000220. The van der Waals surface area contributed by atoms with Crippen LogP contribution < -0.4 is 9.47 Å². The second-order valence-electron chi connectivity index (χ2n) is 4.33. The first kappa shape index (κ1) is 18.4. The number of aryl methyl sites for hydroxylation is 1. The highest BCUT2D eigenvalue weighted by molar-refractivity contribution is 9.09. The average Bonchev–Trinajstić information content (AvgIpc) is 2.56. The van der Waals surface area contributed by atoms with E-state index in [0.29, 0.717) is 18.2 Å². The van der Waals surface area contributed by atoms with Crippen LogP contribution in [0.2, 0.25) is 0 Å². The van der Waals surface area contributed by atoms with Crippen LogP contribution in [-0.4, -0.2) is 41.2 Å². The van der Waals surface area contributed by atoms with Crippen LogP contribution >= 0.6 is 15.9 Å². The summed E-state index contributed by atoms with van der Waals surface area (Å²) in [4.78, 5) is 7.94. The number of alkyl halides is 1. The maximum Gasteiger partial charge on any atom is 0.213 e. The number of aromatic nitrogens is 2. The average molecular weight is 369 g/mol. The molecule has 6 heteroatoms. The Morgan fingerprint density at radius 1 is 0.955 bits per heavy atom. The van der Waals surface area contributed by atoms with Gasteiger partial charge in [-0.25, -0.2) is 9.97 Å². The van der Waals surface area contributed by atoms with Crippen LogP contribution in [0.25, 0.3) is 0 Å². The first-order valence-electron chi connectivity index (χ1n) is 6.88. The fourth-order valence-corrected chi connectivity index (χ4v) is 2.13. The highest BCUT2D eigenvalue weighted by Crippen LogP contribution is 2.09. The molecule has 0 fully saturated rings. The summed E-state index contributed by atoms with van der Waals surface area (Å²) in [5, 5.41) is 9.59. The number of ether oxygens (including phenoxy) is 2. The van der Waals surface area contributed by atoms with Crippen molar-refractivity contribution < 1.29 is 14.6 Å². The summed E-state index contributed by atoms with van der Waals surface area (Å²) >= 11 is 3.37. The third-order valence-corrected chi connectivity index (χ3v) is 3.20. The van der Waals surface area contributed by atoms with Crippen LogP contribution in [0.3, 0.4) is 0 Å². The lowest BCUT2D eigenvalue weighted by Crippen LogP contribution is -1.93. The molecule has 0 amide bonds. The third-order valence-electron chi connectivity index (χ3n) is 2.80. The summed E-state index contributed by atoms with van der Waals surface area (Å²) in [6.07, 6.45) is 5.10. The van der Waals surface area contributed by atoms with Gasteiger partial charge in [-0.1, -0.05) is 15.9 Å². The molecule has 2 rings (SSSR count). The van der Waals surface area contributed by atoms with E-state index in [-0.39, 0.29) is 6.61 Å². The maximum absolute atomic E-state index is 8.62. The molecule has 0 aliphatic rings. The molecule has 1 N–H and O–H groups in total. The molecule has 2 aromatic heterocycles. The molecule has 0 aliphatic carbocycles. The molecule has 0 aliphatic heterocycles. The summed E-state index contributed by atoms with van der Waals surface area (Å²) in [5.74, 6) is 1.28. The van der Waals surface area contributed by atoms with E-state index in [9.17, 15) is 0 Å². The van der Waals surface area contributed by atoms with Gasteiger partial charge in [-0.2, -0.15) is 0 Å². The van der Waals surface area contributed by atoms with Crippen molar-refractivity contribution in [3.8, 4) is 11.8 Å². The van der Waals surface area contributed by atoms with Crippen molar-refractivity contribution in [1.82, 2.24) is 9.97 Å². The lowest BCUT2D eigenvalue weighted by Gasteiger charge is -2.00. The van der Waals surface area contributed by atoms with E-state index in [1.807, 2.05) is 24.3 Å². The Kier molecular flexibility index (Phi) is 9.18. The number of pyridine rings is 2. The zero-order valence-electron chi connectivity index (χ0n) is 12.8. The lowest BCUT2D eigenvalue weighted by molar-refractivity contribution is 0.299. The molecule has 120 valence electrons. The maximum atomic E-state index is 8.62. The van der Waals surface area contributed by atoms with Crippen LogP contribution in [0.4, 0.5) is 0 Å². The molecule has 0 atom stereocenters. The quantitative estimate of drug-likeness (QED) is 0.794. The molecule has 0 unspecified atom stereocenters. The van der Waals surface area contributed by atoms with Crippen molar-refractivity contribution in [2.75, 3.05) is 26.2 Å². The van der Waals surface area contributed by atoms with E-state index in [4.69, 9.17) is 14.6 Å². The zero-order chi connectivity index (χ0) is 16.2. The van der Waals surface area contributed by atoms with Gasteiger partial charge in [0, 0.05) is 36.5 Å². The minimum absolute atomic E-state index is 0.160. The number of nitrogens with zero attached hydrogens (tertiary/aromatic N) is 2. The molecule has 0 saturated carbocycles. The van der Waals surface area contributed by atoms with E-state index in [1.165, 1.54) is 5.56 Å². The summed E-state index contributed by atoms with van der Waals surface area (Å²) in [5.41, 5.74) is 2.29. The predicted octanol–water partition coefficient (Wildman–Crippen LogP) is 2.65. The molecular weight excluding hydrogens is 348 g/mol. The highest BCUT2D eigenvalue weighted by atomic mass is 79.9. The molecule has 2 aromatic rings. The molecule has 0 saturated heterocycles. The second kappa shape index (κ2) is 11.0. The summed E-state index contributed by atoms with van der Waals surface area (Å²) in [6, 6.07) is 7.61. The van der Waals surface area contributed by atoms with Gasteiger partial charge in [-0.15, -0.1) is 0 Å². The van der Waals surface area contributed by atoms with E-state index in [0.717, 1.165) is 17.3 Å². The standard InChI is InChI=1S/C8H10BrNO.C8H11NO2/c1-11-8-6-7(2-4-9)3-5-10-8;1-11-8-6-7(3-5-10)2-4-9-8/h3,5-6H,2,4H2,1H3;2,4,6,10H,3,5H2,1H3. The smallest absolute Gasteiger partial charge is 0.213 e. The van der Waals surface area contributed by atoms with Crippen LogP contribution in [-0.2, 0) is 12.8 Å². The van der Waals surface area contributed by atoms with E-state index in [1.54, 1.807) is 26.6 Å². The van der Waals surface area contributed by atoms with Gasteiger partial charge in [0.25, 0.3) is 0 Å². The van der Waals surface area contributed by atoms with Gasteiger partial charge in [0.05, 0.1) is 14.2 Å². The van der Waals surface area contributed by atoms with Crippen LogP contribution in [0.1, 0.15) is 11.1 Å². The van der Waals surface area contributed by atoms with Crippen LogP contribution in [0.5, 0.6) is 11.8 Å². The van der Waals surface area contributed by atoms with E-state index >= 15 is 0 Å². The van der Waals surface area contributed by atoms with Gasteiger partial charge >= 0.3 is 0 Å². The van der Waals surface area contributed by atoms with Gasteiger partial charge in [-0.05, 0) is 36.1 Å². The fraction of sp³-hybridized carbons (Fsp3) is 0.375. The van der Waals surface area contributed by atoms with Crippen molar-refractivity contribution >= 4 is 15.9 Å². The summed E-state index contributed by atoms with van der Waals surface area (Å²) in [6.45, 7) is 0.160. The molecule has 22 heavy (non-hydrogen) atoms. The first-order chi connectivity index (χ1) is 10.7. The van der Waals surface area contributed by atoms with Crippen molar-refractivity contribution in [1.29, 1.82) is 0 Å². The number of rotatable bonds is 6. The number of hydrogen-bond donors (Lipinski definition) is 1. The third kappa shape index (κ3) is 6.87. The molecule has 0 spiro atoms. The second-order valence-corrected chi connectivity index (χ2v) is 5.12. The molecule has 0 aromatic carbocycles. The Labute approximate surface area is 139 Å². The predicted molar refractivity (Wildman–Crippen MR) is 89.9 cm³/mol. The van der Waals surface area contributed by atoms with Crippen molar-refractivity contribution in [3.63, 3.8) is 0 Å². The highest BCUT2D eigenvalue weighted by Gasteiger charge is 1.95. The van der Waals surface area contributed by atoms with Gasteiger partial charge in [0.15, 0.2) is 0 Å². The summed E-state index contributed by atoms with van der Waals surface area (Å²) in [7, 11) is 3.20. The van der Waals surface area contributed by atoms with Gasteiger partial charge in [0.2, 0.25) is 11.8 Å². The van der Waals surface area contributed by atoms with Crippen molar-refractivity contribution in [2.24, 2.45) is 0 Å². The van der Waals surface area contributed by atoms with E-state index in [2.05, 4.69) is 25.9 Å². The Hall–Kier alpha value is -1.66. The number of methoxy groups -OCH3 is 2. The number of hydrogen-bond acceptors (Lipinski definition) is 5. The summed E-state index contributed by atoms with van der Waals surface area (Å²) < 4.78 is 9.88. The topological polar surface area (TPSA) is 64.5 Å². The van der Waals surface area contributed by atoms with E-state index < -0.39 is 0 Å². The normalized spacial score (nSPS) is 9.64. The first-order valence-corrected chi connectivity index (χ1v) is 8.00. The Bertz CT molecular complexity index is 503. The molecule has 2 heterocycles. The number of halogens is 1. The van der Waals surface area contributed by atoms with Crippen molar-refractivity contribution in [2.45, 2.75) is 12.8 Å². The van der Waals surface area contributed by atoms with Gasteiger partial charge in [0.1, 0.15) is 0 Å². The number of aliphatic hydroxyl groups excluding tert-OH is 1. The van der Waals surface area contributed by atoms with Gasteiger partial charge in [-0.3, -0.25) is 0 Å². The fourth-order valence-electron chi connectivity index (χ4n) is 1.67. The van der Waals surface area contributed by atoms with Gasteiger partial charge < -0.3 is 14.6 Å². The Morgan fingerprint density at radius 2 is 1.45 bits per heavy atom. The minimum Gasteiger partial charge on any atom is -0.481 e. The molecular formula is C16H21BrN2O3. The van der Waals surface area contributed by atoms with Crippen LogP contribution in [0.15, 0.2) is 36.7 Å². The monoisotopic (exact) mass is 368 g/mol. The number of aliphatic hydroxyl groups is 1. The van der Waals surface area contributed by atoms with Crippen molar-refractivity contribution in [3.05, 3.63) is 47.8 Å². The largest absolute Gasteiger partial charge is 0.481 e. The zero-order valence-corrected chi connectivity index (χ0v) is 14.4. The lowest BCUT2D eigenvalue weighted by atomic mass is 10.2. The molecule has 5 nitrogen and oxygen atoms in total. The molecule has 0 radical (unpaired) electrons. The van der Waals surface area contributed by atoms with Crippen LogP contribution in [0, 0.1) is 0 Å². The minimum atomic E-state index is 0.160. The molecule has 0 bridgehead atoms. The SMILES string of the molecule is COc1cc(CCBr)ccn1.COc1cc(CCO)ccn1. The Morgan fingerprint density at radius 3 is 1.86 bits per heavy atom.